The van der Waals surface area contributed by atoms with Gasteiger partial charge >= 0.3 is 120 Å². The molecule has 1 rings (SSSR count). The van der Waals surface area contributed by atoms with Crippen LogP contribution >= 0.6 is 0 Å². The summed E-state index contributed by atoms with van der Waals surface area (Å²) in [5.74, 6) is 0. The van der Waals surface area contributed by atoms with Crippen molar-refractivity contribution in [3.8, 4) is 0 Å². The maximum Gasteiger partial charge on any atom is 1.00 e. The minimum Gasteiger partial charge on any atom is 1.00 e. The second-order valence-corrected chi connectivity index (χ2v) is 6.34. The Morgan fingerprint density at radius 1 is 1.31 bits per heavy atom. The Hall–Kier alpha value is 0.258. The van der Waals surface area contributed by atoms with E-state index in [-0.39, 0.29) is 40.5 Å². The van der Waals surface area contributed by atoms with Crippen molar-refractivity contribution < 1.29 is 46.6 Å². The summed E-state index contributed by atoms with van der Waals surface area (Å²) in [6, 6.07) is 5.87. The molecule has 0 spiro atoms. The van der Waals surface area contributed by atoms with Gasteiger partial charge in [0.25, 0.3) is 0 Å². The average Bonchev–Trinajstić information content (AvgIpc) is 2.18. The van der Waals surface area contributed by atoms with E-state index in [0.29, 0.717) is 13.0 Å². The Bertz CT molecular complexity index is 351. The van der Waals surface area contributed by atoms with Crippen LogP contribution in [0.25, 0.3) is 0 Å². The van der Waals surface area contributed by atoms with Gasteiger partial charge in [-0.15, -0.1) is 0 Å². The van der Waals surface area contributed by atoms with E-state index in [9.17, 15) is 7.84 Å². The van der Waals surface area contributed by atoms with E-state index in [4.69, 9.17) is 9.20 Å². The summed E-state index contributed by atoms with van der Waals surface area (Å²) in [6.45, 7) is 0.732. The van der Waals surface area contributed by atoms with Gasteiger partial charge in [-0.1, -0.05) is 0 Å². The van der Waals surface area contributed by atoms with Crippen LogP contribution in [0.1, 0.15) is 6.42 Å². The van der Waals surface area contributed by atoms with E-state index in [0.717, 1.165) is 5.69 Å². The summed E-state index contributed by atoms with van der Waals surface area (Å²) in [5.41, 5.74) is 0.760. The zero-order chi connectivity index (χ0) is 11.3. The predicted octanol–water partition coefficient (Wildman–Crippen LogP) is -4.59. The van der Waals surface area contributed by atoms with Crippen molar-refractivity contribution >= 4 is 24.2 Å². The maximum absolute atomic E-state index is 10.8. The molecule has 0 aliphatic heterocycles. The topological polar surface area (TPSA) is 92.6 Å². The summed E-state index contributed by atoms with van der Waals surface area (Å²) < 4.78 is 30.4. The van der Waals surface area contributed by atoms with Gasteiger partial charge in [0, 0.05) is 0 Å². The normalized spacial score (nSPS) is 13.7. The minimum absolute atomic E-state index is 0. The van der Waals surface area contributed by atoms with Crippen molar-refractivity contribution in [2.75, 3.05) is 18.5 Å². The number of hydrogen-bond donors (Lipinski definition) is 3. The van der Waals surface area contributed by atoms with Crippen molar-refractivity contribution in [2.24, 2.45) is 0 Å². The fraction of sp³-hybridized carbons (Fsp3) is 0.333. The first-order valence-corrected chi connectivity index (χ1v) is 7.84. The van der Waals surface area contributed by atoms with E-state index >= 15 is 0 Å². The molecule has 0 saturated heterocycles. The van der Waals surface area contributed by atoms with E-state index in [2.05, 4.69) is 5.32 Å². The van der Waals surface area contributed by atoms with Gasteiger partial charge in [-0.05, 0) is 0 Å². The fourth-order valence-corrected chi connectivity index (χ4v) is 2.18. The van der Waals surface area contributed by atoms with Crippen molar-refractivity contribution in [1.82, 2.24) is 0 Å². The fourth-order valence-electron chi connectivity index (χ4n) is 1.08. The third-order valence-electron chi connectivity index (χ3n) is 1.86. The zero-order valence-corrected chi connectivity index (χ0v) is 13.0. The minimum atomic E-state index is -4.99. The first kappa shape index (κ1) is 16.3. The Morgan fingerprint density at radius 2 is 1.88 bits per heavy atom. The monoisotopic (exact) mass is 297 g/mol. The first-order chi connectivity index (χ1) is 7.04. The molecule has 5 nitrogen and oxygen atoms in total. The molecule has 0 heterocycles. The van der Waals surface area contributed by atoms with Gasteiger partial charge in [-0.25, -0.2) is 0 Å². The summed E-state index contributed by atoms with van der Waals surface area (Å²) in [6.07, 6.45) is 0.631. The number of aliphatic hydroxyl groups excluding tert-OH is 1. The molecule has 1 atom stereocenters. The Morgan fingerprint density at radius 3 is 2.31 bits per heavy atom. The molecule has 0 aliphatic carbocycles. The van der Waals surface area contributed by atoms with Gasteiger partial charge < -0.3 is 0 Å². The van der Waals surface area contributed by atoms with Crippen LogP contribution in [0.2, 0.25) is 0 Å². The first-order valence-electron chi connectivity index (χ1n) is 4.53. The molecule has 1 aromatic rings. The van der Waals surface area contributed by atoms with Gasteiger partial charge in [0.05, 0.1) is 0 Å². The Balaban J connectivity index is 0.00000225. The molecule has 3 N–H and O–H groups in total. The second kappa shape index (κ2) is 7.56. The third-order valence-corrected chi connectivity index (χ3v) is 3.85. The van der Waals surface area contributed by atoms with E-state index in [1.807, 2.05) is 0 Å². The van der Waals surface area contributed by atoms with Gasteiger partial charge in [0.15, 0.2) is 0 Å². The molecule has 0 radical (unpaired) electrons. The third kappa shape index (κ3) is 5.55. The quantitative estimate of drug-likeness (QED) is 0.376. The second-order valence-electron chi connectivity index (χ2n) is 3.07. The van der Waals surface area contributed by atoms with Gasteiger partial charge in [0.1, 0.15) is 0 Å². The van der Waals surface area contributed by atoms with Gasteiger partial charge in [-0.2, -0.15) is 0 Å². The molecule has 1 unspecified atom stereocenters. The largest absolute Gasteiger partial charge is 1.00 e. The van der Waals surface area contributed by atoms with E-state index < -0.39 is 14.2 Å². The number of aliphatic hydroxyl groups is 1. The number of hydrogen-bond acceptors (Lipinski definition) is 4. The van der Waals surface area contributed by atoms with Crippen LogP contribution in [0.5, 0.6) is 0 Å². The van der Waals surface area contributed by atoms with Crippen LogP contribution in [0.4, 0.5) is 5.69 Å². The van der Waals surface area contributed by atoms with Gasteiger partial charge in [0.2, 0.25) is 0 Å². The maximum atomic E-state index is 10.8. The van der Waals surface area contributed by atoms with Crippen molar-refractivity contribution in [1.29, 1.82) is 0 Å². The summed E-state index contributed by atoms with van der Waals surface area (Å²) >= 11 is -4.99. The zero-order valence-electron chi connectivity index (χ0n) is 9.09. The molecule has 0 fully saturated rings. The number of rotatable bonds is 5. The van der Waals surface area contributed by atoms with Crippen LogP contribution in [-0.4, -0.2) is 36.5 Å². The van der Waals surface area contributed by atoms with Crippen LogP contribution in [0, 0.1) is 0 Å². The Kier molecular flexibility index (Phi) is 7.68. The summed E-state index contributed by atoms with van der Waals surface area (Å²) in [7, 11) is 0. The standard InChI is InChI=1S/C9H14AsNO4.Na/c12-7-1-6-11-9-4-2-8(3-5-9)10(13,14)15;/h2-5,11-12H,1,6-7H2,(H2,13,14,15);/q;+1/p-1. The number of anilines is 1. The number of nitrogens with one attached hydrogen (secondary N) is 1. The molecule has 0 aromatic heterocycles. The summed E-state index contributed by atoms with van der Waals surface area (Å²) in [4.78, 5) is 0. The molecule has 0 bridgehead atoms. The molecular formula is C9H13AsNNaO4. The van der Waals surface area contributed by atoms with Crippen molar-refractivity contribution in [3.05, 3.63) is 24.3 Å². The van der Waals surface area contributed by atoms with Crippen LogP contribution in [-0.2, 0) is 3.74 Å². The average molecular weight is 297 g/mol. The molecule has 7 heteroatoms. The molecular weight excluding hydrogens is 284 g/mol. The molecule has 0 aliphatic rings. The van der Waals surface area contributed by atoms with Crippen LogP contribution in [0.3, 0.4) is 0 Å². The number of benzene rings is 1. The van der Waals surface area contributed by atoms with Crippen molar-refractivity contribution in [3.63, 3.8) is 0 Å². The predicted molar refractivity (Wildman–Crippen MR) is 54.9 cm³/mol. The smallest absolute Gasteiger partial charge is 1.00 e. The van der Waals surface area contributed by atoms with Crippen molar-refractivity contribution in [2.45, 2.75) is 6.42 Å². The SMILES string of the molecule is O=[As]([O-])(O)c1ccc(NCCCO)cc1.[Na+]. The van der Waals surface area contributed by atoms with Gasteiger partial charge in [-0.3, -0.25) is 0 Å². The molecule has 0 amide bonds. The van der Waals surface area contributed by atoms with Crippen LogP contribution in [0.15, 0.2) is 24.3 Å². The van der Waals surface area contributed by atoms with E-state index in [1.54, 1.807) is 12.1 Å². The van der Waals surface area contributed by atoms with Crippen LogP contribution < -0.4 is 43.3 Å². The molecule has 16 heavy (non-hydrogen) atoms. The molecule has 0 saturated carbocycles. The van der Waals surface area contributed by atoms with E-state index in [1.165, 1.54) is 12.1 Å². The molecule has 84 valence electrons. The Labute approximate surface area is 119 Å². The summed E-state index contributed by atoms with van der Waals surface area (Å²) in [5, 5.41) is 11.5. The molecule has 1 aromatic carbocycles.